The SMILES string of the molecule is CC(=O)c1ccc(N(CC(=O)N2CCc3ccccc3C2)S(C)(=O)=O)cc1. The molecule has 1 heterocycles. The standard InChI is InChI=1S/C20H22N2O4S/c1-15(23)16-7-9-19(10-8-16)22(27(2,25)26)14-20(24)21-12-11-17-5-3-4-6-18(17)13-21/h3-10H,11-14H2,1-2H3. The Morgan fingerprint density at radius 1 is 1.04 bits per heavy atom. The molecule has 2 aromatic rings. The minimum atomic E-state index is -3.64. The molecule has 0 fully saturated rings. The predicted molar refractivity (Wildman–Crippen MR) is 104 cm³/mol. The van der Waals surface area contributed by atoms with Crippen molar-refractivity contribution in [3.8, 4) is 0 Å². The number of anilines is 1. The molecule has 0 radical (unpaired) electrons. The van der Waals surface area contributed by atoms with Gasteiger partial charge in [-0.15, -0.1) is 0 Å². The first-order chi connectivity index (χ1) is 12.8. The summed E-state index contributed by atoms with van der Waals surface area (Å²) in [5.74, 6) is -0.346. The zero-order chi connectivity index (χ0) is 19.6. The van der Waals surface area contributed by atoms with E-state index in [0.29, 0.717) is 24.3 Å². The van der Waals surface area contributed by atoms with E-state index < -0.39 is 10.0 Å². The zero-order valence-corrected chi connectivity index (χ0v) is 16.2. The highest BCUT2D eigenvalue weighted by Crippen LogP contribution is 2.22. The van der Waals surface area contributed by atoms with E-state index in [1.54, 1.807) is 29.2 Å². The molecule has 7 heteroatoms. The van der Waals surface area contributed by atoms with Crippen molar-refractivity contribution in [2.75, 3.05) is 23.7 Å². The van der Waals surface area contributed by atoms with Crippen LogP contribution in [0.25, 0.3) is 0 Å². The highest BCUT2D eigenvalue weighted by molar-refractivity contribution is 7.92. The second-order valence-corrected chi connectivity index (χ2v) is 8.61. The Balaban J connectivity index is 1.79. The minimum absolute atomic E-state index is 0.101. The molecule has 0 bridgehead atoms. The Hall–Kier alpha value is -2.67. The summed E-state index contributed by atoms with van der Waals surface area (Å²) in [6.45, 7) is 2.23. The molecule has 6 nitrogen and oxygen atoms in total. The second-order valence-electron chi connectivity index (χ2n) is 6.71. The highest BCUT2D eigenvalue weighted by Gasteiger charge is 2.26. The summed E-state index contributed by atoms with van der Waals surface area (Å²) in [6.07, 6.45) is 1.83. The number of fused-ring (bicyclic) bond motifs is 1. The van der Waals surface area contributed by atoms with E-state index in [1.165, 1.54) is 12.5 Å². The third kappa shape index (κ3) is 4.36. The van der Waals surface area contributed by atoms with Crippen molar-refractivity contribution in [1.29, 1.82) is 0 Å². The smallest absolute Gasteiger partial charge is 0.243 e. The van der Waals surface area contributed by atoms with Gasteiger partial charge in [0.15, 0.2) is 5.78 Å². The number of rotatable bonds is 5. The largest absolute Gasteiger partial charge is 0.336 e. The molecule has 2 aromatic carbocycles. The molecule has 0 unspecified atom stereocenters. The number of Topliss-reactive ketones (excluding diaryl/α,β-unsaturated/α-hetero) is 1. The molecule has 0 aromatic heterocycles. The average Bonchev–Trinajstić information content (AvgIpc) is 2.64. The Labute approximate surface area is 159 Å². The summed E-state index contributed by atoms with van der Waals surface area (Å²) in [5.41, 5.74) is 3.18. The van der Waals surface area contributed by atoms with Gasteiger partial charge in [-0.1, -0.05) is 24.3 Å². The van der Waals surface area contributed by atoms with Gasteiger partial charge in [0.2, 0.25) is 15.9 Å². The molecule has 0 aliphatic carbocycles. The molecule has 142 valence electrons. The molecule has 0 saturated carbocycles. The van der Waals surface area contributed by atoms with Crippen molar-refractivity contribution in [3.63, 3.8) is 0 Å². The van der Waals surface area contributed by atoms with Gasteiger partial charge in [-0.05, 0) is 48.7 Å². The molecule has 0 N–H and O–H groups in total. The third-order valence-electron chi connectivity index (χ3n) is 4.72. The fourth-order valence-electron chi connectivity index (χ4n) is 3.19. The lowest BCUT2D eigenvalue weighted by atomic mass is 10.00. The Morgan fingerprint density at radius 2 is 1.67 bits per heavy atom. The molecule has 1 aliphatic heterocycles. The van der Waals surface area contributed by atoms with Crippen LogP contribution in [-0.2, 0) is 27.8 Å². The Morgan fingerprint density at radius 3 is 2.26 bits per heavy atom. The topological polar surface area (TPSA) is 74.8 Å². The van der Waals surface area contributed by atoms with E-state index in [0.717, 1.165) is 22.5 Å². The lowest BCUT2D eigenvalue weighted by Crippen LogP contribution is -2.44. The zero-order valence-electron chi connectivity index (χ0n) is 15.4. The average molecular weight is 386 g/mol. The summed E-state index contributed by atoms with van der Waals surface area (Å²) < 4.78 is 25.6. The summed E-state index contributed by atoms with van der Waals surface area (Å²) >= 11 is 0. The maximum absolute atomic E-state index is 12.8. The highest BCUT2D eigenvalue weighted by atomic mass is 32.2. The van der Waals surface area contributed by atoms with Crippen molar-refractivity contribution in [2.45, 2.75) is 19.9 Å². The Bertz CT molecular complexity index is 968. The maximum atomic E-state index is 12.8. The molecule has 1 aliphatic rings. The third-order valence-corrected chi connectivity index (χ3v) is 5.86. The van der Waals surface area contributed by atoms with Crippen LogP contribution in [0.1, 0.15) is 28.4 Å². The predicted octanol–water partition coefficient (Wildman–Crippen LogP) is 2.24. The van der Waals surface area contributed by atoms with E-state index >= 15 is 0 Å². The van der Waals surface area contributed by atoms with E-state index in [-0.39, 0.29) is 18.2 Å². The van der Waals surface area contributed by atoms with Crippen molar-refractivity contribution < 1.29 is 18.0 Å². The molecule has 27 heavy (non-hydrogen) atoms. The van der Waals surface area contributed by atoms with Crippen LogP contribution >= 0.6 is 0 Å². The van der Waals surface area contributed by atoms with Crippen LogP contribution in [0.3, 0.4) is 0 Å². The van der Waals surface area contributed by atoms with Crippen LogP contribution in [-0.4, -0.2) is 44.4 Å². The van der Waals surface area contributed by atoms with Crippen LogP contribution in [0.4, 0.5) is 5.69 Å². The molecular formula is C20H22N2O4S. The number of nitrogens with zero attached hydrogens (tertiary/aromatic N) is 2. The second kappa shape index (κ2) is 7.52. The fourth-order valence-corrected chi connectivity index (χ4v) is 4.04. The van der Waals surface area contributed by atoms with Crippen molar-refractivity contribution in [3.05, 3.63) is 65.2 Å². The van der Waals surface area contributed by atoms with E-state index in [9.17, 15) is 18.0 Å². The number of hydrogen-bond donors (Lipinski definition) is 0. The summed E-state index contributed by atoms with van der Waals surface area (Å²) in [6, 6.07) is 14.2. The minimum Gasteiger partial charge on any atom is -0.336 e. The fraction of sp³-hybridized carbons (Fsp3) is 0.300. The van der Waals surface area contributed by atoms with E-state index in [2.05, 4.69) is 6.07 Å². The number of sulfonamides is 1. The van der Waals surface area contributed by atoms with Crippen molar-refractivity contribution in [1.82, 2.24) is 4.90 Å². The monoisotopic (exact) mass is 386 g/mol. The van der Waals surface area contributed by atoms with Gasteiger partial charge in [0.25, 0.3) is 0 Å². The quantitative estimate of drug-likeness (QED) is 0.739. The van der Waals surface area contributed by atoms with Gasteiger partial charge in [-0.25, -0.2) is 8.42 Å². The molecular weight excluding hydrogens is 364 g/mol. The van der Waals surface area contributed by atoms with Crippen LogP contribution in [0, 0.1) is 0 Å². The van der Waals surface area contributed by atoms with Crippen molar-refractivity contribution >= 4 is 27.4 Å². The molecule has 0 spiro atoms. The van der Waals surface area contributed by atoms with Crippen LogP contribution < -0.4 is 4.31 Å². The molecule has 0 saturated heterocycles. The molecule has 1 amide bonds. The van der Waals surface area contributed by atoms with Gasteiger partial charge in [0, 0.05) is 18.7 Å². The first-order valence-corrected chi connectivity index (χ1v) is 10.5. The van der Waals surface area contributed by atoms with Crippen LogP contribution in [0.5, 0.6) is 0 Å². The number of amides is 1. The summed E-state index contributed by atoms with van der Waals surface area (Å²) in [7, 11) is -3.64. The lowest BCUT2D eigenvalue weighted by Gasteiger charge is -2.31. The number of ketones is 1. The molecule has 0 atom stereocenters. The van der Waals surface area contributed by atoms with E-state index in [1.807, 2.05) is 18.2 Å². The van der Waals surface area contributed by atoms with Crippen LogP contribution in [0.2, 0.25) is 0 Å². The number of benzene rings is 2. The Kier molecular flexibility index (Phi) is 5.32. The van der Waals surface area contributed by atoms with Gasteiger partial charge < -0.3 is 4.90 Å². The normalized spacial score (nSPS) is 13.8. The van der Waals surface area contributed by atoms with E-state index in [4.69, 9.17) is 0 Å². The number of carbonyl (C=O) groups excluding carboxylic acids is 2. The first kappa shape index (κ1) is 19.1. The first-order valence-electron chi connectivity index (χ1n) is 8.69. The van der Waals surface area contributed by atoms with Gasteiger partial charge >= 0.3 is 0 Å². The lowest BCUT2D eigenvalue weighted by molar-refractivity contribution is -0.130. The summed E-state index contributed by atoms with van der Waals surface area (Å²) in [4.78, 5) is 25.9. The number of hydrogen-bond acceptors (Lipinski definition) is 4. The van der Waals surface area contributed by atoms with Gasteiger partial charge in [-0.2, -0.15) is 0 Å². The molecule has 3 rings (SSSR count). The van der Waals surface area contributed by atoms with Crippen molar-refractivity contribution in [2.24, 2.45) is 0 Å². The maximum Gasteiger partial charge on any atom is 0.243 e. The number of carbonyl (C=O) groups is 2. The van der Waals surface area contributed by atoms with Crippen LogP contribution in [0.15, 0.2) is 48.5 Å². The van der Waals surface area contributed by atoms with Gasteiger partial charge in [0.1, 0.15) is 6.54 Å². The summed E-state index contributed by atoms with van der Waals surface area (Å²) in [5, 5.41) is 0. The van der Waals surface area contributed by atoms with Gasteiger partial charge in [-0.3, -0.25) is 13.9 Å². The van der Waals surface area contributed by atoms with Gasteiger partial charge in [0.05, 0.1) is 11.9 Å².